The lowest BCUT2D eigenvalue weighted by Gasteiger charge is -2.08. The first-order chi connectivity index (χ1) is 5.38. The molecule has 0 aliphatic rings. The quantitative estimate of drug-likeness (QED) is 0.661. The van der Waals surface area contributed by atoms with Crippen LogP contribution in [0.5, 0.6) is 0 Å². The van der Waals surface area contributed by atoms with Gasteiger partial charge in [0.25, 0.3) is 0 Å². The maximum Gasteiger partial charge on any atom is 0.131 e. The van der Waals surface area contributed by atoms with Crippen LogP contribution in [0.25, 0.3) is 0 Å². The van der Waals surface area contributed by atoms with E-state index >= 15 is 0 Å². The molecule has 0 bridgehead atoms. The summed E-state index contributed by atoms with van der Waals surface area (Å²) in [6, 6.07) is 1.85. The summed E-state index contributed by atoms with van der Waals surface area (Å²) in [5.41, 5.74) is 0. The van der Waals surface area contributed by atoms with E-state index in [1.54, 1.807) is 12.4 Å². The van der Waals surface area contributed by atoms with Gasteiger partial charge in [0.15, 0.2) is 0 Å². The van der Waals surface area contributed by atoms with E-state index < -0.39 is 0 Å². The Morgan fingerprint density at radius 3 is 2.18 bits per heavy atom. The van der Waals surface area contributed by atoms with Gasteiger partial charge in [0, 0.05) is 18.3 Å². The minimum atomic E-state index is 0.538. The fraction of sp³-hybridized carbons (Fsp3) is 0.556. The zero-order valence-electron chi connectivity index (χ0n) is 7.12. The zero-order valence-corrected chi connectivity index (χ0v) is 7.12. The van der Waals surface area contributed by atoms with E-state index in [9.17, 15) is 0 Å². The van der Waals surface area contributed by atoms with Crippen LogP contribution in [0, 0.1) is 0 Å². The number of nitrogens with zero attached hydrogens (tertiary/aromatic N) is 2. The summed E-state index contributed by atoms with van der Waals surface area (Å²) < 4.78 is 0. The van der Waals surface area contributed by atoms with Crippen molar-refractivity contribution in [2.24, 2.45) is 0 Å². The number of hydrogen-bond donors (Lipinski definition) is 0. The molecule has 2 heteroatoms. The van der Waals surface area contributed by atoms with Crippen molar-refractivity contribution in [3.63, 3.8) is 0 Å². The molecule has 0 saturated carbocycles. The second-order valence-electron chi connectivity index (χ2n) is 2.62. The van der Waals surface area contributed by atoms with E-state index in [0.29, 0.717) is 5.92 Å². The van der Waals surface area contributed by atoms with Crippen molar-refractivity contribution >= 4 is 0 Å². The van der Waals surface area contributed by atoms with Crippen LogP contribution in [0.15, 0.2) is 18.5 Å². The molecule has 0 N–H and O–H groups in total. The van der Waals surface area contributed by atoms with Gasteiger partial charge in [0.1, 0.15) is 5.82 Å². The lowest BCUT2D eigenvalue weighted by Crippen LogP contribution is -2.00. The van der Waals surface area contributed by atoms with Crippen molar-refractivity contribution in [3.05, 3.63) is 24.3 Å². The third kappa shape index (κ3) is 2.00. The summed E-state index contributed by atoms with van der Waals surface area (Å²) in [6.45, 7) is 4.34. The second-order valence-corrected chi connectivity index (χ2v) is 2.62. The van der Waals surface area contributed by atoms with Crippen molar-refractivity contribution in [3.8, 4) is 0 Å². The molecule has 1 aromatic heterocycles. The van der Waals surface area contributed by atoms with Crippen LogP contribution in [0.3, 0.4) is 0 Å². The van der Waals surface area contributed by atoms with Crippen LogP contribution in [0.2, 0.25) is 0 Å². The molecule has 0 atom stereocenters. The molecule has 0 aliphatic heterocycles. The highest BCUT2D eigenvalue weighted by Crippen LogP contribution is 2.17. The van der Waals surface area contributed by atoms with Gasteiger partial charge in [0.05, 0.1) is 0 Å². The van der Waals surface area contributed by atoms with Gasteiger partial charge in [-0.3, -0.25) is 0 Å². The van der Waals surface area contributed by atoms with Crippen LogP contribution >= 0.6 is 0 Å². The molecule has 11 heavy (non-hydrogen) atoms. The maximum atomic E-state index is 4.21. The van der Waals surface area contributed by atoms with Gasteiger partial charge in [-0.25, -0.2) is 9.97 Å². The number of aromatic nitrogens is 2. The fourth-order valence-electron chi connectivity index (χ4n) is 1.18. The molecule has 0 aromatic carbocycles. The molecule has 60 valence electrons. The van der Waals surface area contributed by atoms with Crippen molar-refractivity contribution in [2.45, 2.75) is 32.6 Å². The Kier molecular flexibility index (Phi) is 3.02. The lowest BCUT2D eigenvalue weighted by molar-refractivity contribution is 0.601. The molecule has 1 heterocycles. The number of rotatable bonds is 3. The van der Waals surface area contributed by atoms with E-state index in [1.807, 2.05) is 6.07 Å². The van der Waals surface area contributed by atoms with Crippen LogP contribution in [-0.2, 0) is 0 Å². The molecule has 2 nitrogen and oxygen atoms in total. The average molecular weight is 150 g/mol. The van der Waals surface area contributed by atoms with Gasteiger partial charge < -0.3 is 0 Å². The average Bonchev–Trinajstić information content (AvgIpc) is 2.09. The predicted molar refractivity (Wildman–Crippen MR) is 45.4 cm³/mol. The lowest BCUT2D eigenvalue weighted by atomic mass is 10.0. The Morgan fingerprint density at radius 1 is 1.18 bits per heavy atom. The van der Waals surface area contributed by atoms with E-state index in [4.69, 9.17) is 0 Å². The van der Waals surface area contributed by atoms with Crippen molar-refractivity contribution in [1.29, 1.82) is 0 Å². The molecule has 0 spiro atoms. The van der Waals surface area contributed by atoms with Crippen LogP contribution < -0.4 is 0 Å². The maximum absolute atomic E-state index is 4.21. The SMILES string of the molecule is CCC(CC)c1ncccn1. The van der Waals surface area contributed by atoms with Crippen LogP contribution in [0.1, 0.15) is 38.4 Å². The van der Waals surface area contributed by atoms with Crippen molar-refractivity contribution < 1.29 is 0 Å². The summed E-state index contributed by atoms with van der Waals surface area (Å²) in [7, 11) is 0. The molecule has 1 aromatic rings. The molecule has 0 aliphatic carbocycles. The predicted octanol–water partition coefficient (Wildman–Crippen LogP) is 2.38. The smallest absolute Gasteiger partial charge is 0.131 e. The van der Waals surface area contributed by atoms with Crippen LogP contribution in [0.4, 0.5) is 0 Å². The molecule has 0 fully saturated rings. The highest BCUT2D eigenvalue weighted by Gasteiger charge is 2.07. The Morgan fingerprint density at radius 2 is 1.73 bits per heavy atom. The summed E-state index contributed by atoms with van der Waals surface area (Å²) in [4.78, 5) is 8.42. The summed E-state index contributed by atoms with van der Waals surface area (Å²) >= 11 is 0. The van der Waals surface area contributed by atoms with Gasteiger partial charge in [-0.2, -0.15) is 0 Å². The monoisotopic (exact) mass is 150 g/mol. The molecular formula is C9H14N2. The van der Waals surface area contributed by atoms with E-state index in [0.717, 1.165) is 18.7 Å². The van der Waals surface area contributed by atoms with Crippen LogP contribution in [-0.4, -0.2) is 9.97 Å². The van der Waals surface area contributed by atoms with E-state index in [-0.39, 0.29) is 0 Å². The molecule has 0 saturated heterocycles. The third-order valence-electron chi connectivity index (χ3n) is 1.94. The minimum absolute atomic E-state index is 0.538. The Hall–Kier alpha value is -0.920. The first-order valence-electron chi connectivity index (χ1n) is 4.15. The minimum Gasteiger partial charge on any atom is -0.241 e. The van der Waals surface area contributed by atoms with Gasteiger partial charge in [0.2, 0.25) is 0 Å². The molecular weight excluding hydrogens is 136 g/mol. The first-order valence-corrected chi connectivity index (χ1v) is 4.15. The number of hydrogen-bond acceptors (Lipinski definition) is 2. The van der Waals surface area contributed by atoms with Gasteiger partial charge >= 0.3 is 0 Å². The van der Waals surface area contributed by atoms with Gasteiger partial charge in [-0.1, -0.05) is 13.8 Å². The Bertz CT molecular complexity index is 192. The topological polar surface area (TPSA) is 25.8 Å². The first kappa shape index (κ1) is 8.18. The summed E-state index contributed by atoms with van der Waals surface area (Å²) in [6.07, 6.45) is 5.86. The second kappa shape index (κ2) is 4.06. The van der Waals surface area contributed by atoms with E-state index in [1.165, 1.54) is 0 Å². The van der Waals surface area contributed by atoms with Crippen molar-refractivity contribution in [1.82, 2.24) is 9.97 Å². The molecule has 0 unspecified atom stereocenters. The Balaban J connectivity index is 2.74. The summed E-state index contributed by atoms with van der Waals surface area (Å²) in [5, 5.41) is 0. The molecule has 0 amide bonds. The normalized spacial score (nSPS) is 10.5. The highest BCUT2D eigenvalue weighted by atomic mass is 14.9. The van der Waals surface area contributed by atoms with Crippen molar-refractivity contribution in [2.75, 3.05) is 0 Å². The molecule has 0 radical (unpaired) electrons. The summed E-state index contributed by atoms with van der Waals surface area (Å²) in [5.74, 6) is 1.52. The Labute approximate surface area is 67.7 Å². The van der Waals surface area contributed by atoms with E-state index in [2.05, 4.69) is 23.8 Å². The third-order valence-corrected chi connectivity index (χ3v) is 1.94. The largest absolute Gasteiger partial charge is 0.241 e. The van der Waals surface area contributed by atoms with Gasteiger partial charge in [-0.15, -0.1) is 0 Å². The fourth-order valence-corrected chi connectivity index (χ4v) is 1.18. The van der Waals surface area contributed by atoms with Gasteiger partial charge in [-0.05, 0) is 18.9 Å². The molecule has 1 rings (SSSR count). The zero-order chi connectivity index (χ0) is 8.10. The standard InChI is InChI=1S/C9H14N2/c1-3-8(4-2)9-10-6-5-7-11-9/h5-8H,3-4H2,1-2H3. The highest BCUT2D eigenvalue weighted by molar-refractivity contribution is 4.95.